The van der Waals surface area contributed by atoms with Crippen LogP contribution in [0.5, 0.6) is 11.5 Å². The first-order valence-corrected chi connectivity index (χ1v) is 8.52. The van der Waals surface area contributed by atoms with Crippen molar-refractivity contribution in [2.24, 2.45) is 0 Å². The number of benzene rings is 1. The highest BCUT2D eigenvalue weighted by Gasteiger charge is 2.47. The standard InChI is InChI=1S/C18H24N2O5/c1-4-20-16(21)12-18(25-20)7-9-19(10-8-18)17(22)14-6-5-13(23-2)11-15(14)24-3/h5-6,11H,4,7-10,12H2,1-3H3. The first kappa shape index (κ1) is 17.5. The highest BCUT2D eigenvalue weighted by Crippen LogP contribution is 2.37. The van der Waals surface area contributed by atoms with E-state index in [0.29, 0.717) is 56.0 Å². The summed E-state index contributed by atoms with van der Waals surface area (Å²) < 4.78 is 10.5. The average molecular weight is 348 g/mol. The van der Waals surface area contributed by atoms with Gasteiger partial charge < -0.3 is 14.4 Å². The zero-order chi connectivity index (χ0) is 18.0. The minimum atomic E-state index is -0.451. The molecule has 2 heterocycles. The number of likely N-dealkylation sites (tertiary alicyclic amines) is 1. The maximum Gasteiger partial charge on any atom is 0.257 e. The summed E-state index contributed by atoms with van der Waals surface area (Å²) in [7, 11) is 3.11. The first-order valence-electron chi connectivity index (χ1n) is 8.52. The molecule has 0 N–H and O–H groups in total. The Morgan fingerprint density at radius 3 is 2.52 bits per heavy atom. The van der Waals surface area contributed by atoms with E-state index in [2.05, 4.69) is 0 Å². The number of ether oxygens (including phenoxy) is 2. The minimum Gasteiger partial charge on any atom is -0.497 e. The summed E-state index contributed by atoms with van der Waals surface area (Å²) in [5.41, 5.74) is 0.0614. The minimum absolute atomic E-state index is 0.0269. The van der Waals surface area contributed by atoms with Crippen LogP contribution >= 0.6 is 0 Å². The molecule has 0 aliphatic carbocycles. The van der Waals surface area contributed by atoms with E-state index in [1.54, 1.807) is 30.2 Å². The first-order chi connectivity index (χ1) is 12.0. The van der Waals surface area contributed by atoms with Gasteiger partial charge in [-0.3, -0.25) is 14.4 Å². The lowest BCUT2D eigenvalue weighted by molar-refractivity contribution is -0.206. The Bertz CT molecular complexity index is 667. The van der Waals surface area contributed by atoms with Crippen LogP contribution in [0.1, 0.15) is 36.5 Å². The van der Waals surface area contributed by atoms with Crippen LogP contribution in [0.25, 0.3) is 0 Å². The van der Waals surface area contributed by atoms with Gasteiger partial charge in [-0.25, -0.2) is 5.06 Å². The number of piperidine rings is 1. The van der Waals surface area contributed by atoms with Crippen molar-refractivity contribution in [2.45, 2.75) is 31.8 Å². The van der Waals surface area contributed by atoms with Crippen molar-refractivity contribution >= 4 is 11.8 Å². The molecule has 2 aliphatic rings. The highest BCUT2D eigenvalue weighted by molar-refractivity contribution is 5.97. The van der Waals surface area contributed by atoms with Crippen LogP contribution in [-0.4, -0.2) is 61.2 Å². The fraction of sp³-hybridized carbons (Fsp3) is 0.556. The summed E-state index contributed by atoms with van der Waals surface area (Å²) >= 11 is 0. The Hall–Kier alpha value is -2.28. The monoisotopic (exact) mass is 348 g/mol. The zero-order valence-electron chi connectivity index (χ0n) is 14.9. The van der Waals surface area contributed by atoms with E-state index in [4.69, 9.17) is 14.3 Å². The van der Waals surface area contributed by atoms with Gasteiger partial charge >= 0.3 is 0 Å². The third-order valence-corrected chi connectivity index (χ3v) is 4.94. The second-order valence-corrected chi connectivity index (χ2v) is 6.40. The molecule has 2 saturated heterocycles. The summed E-state index contributed by atoms with van der Waals surface area (Å²) in [5.74, 6) is 1.09. The molecule has 0 radical (unpaired) electrons. The molecule has 2 amide bonds. The third kappa shape index (κ3) is 3.28. The Balaban J connectivity index is 1.69. The Morgan fingerprint density at radius 1 is 1.24 bits per heavy atom. The molecule has 7 nitrogen and oxygen atoms in total. The number of nitrogens with zero attached hydrogens (tertiary/aromatic N) is 2. The fourth-order valence-corrected chi connectivity index (χ4v) is 3.45. The second kappa shape index (κ2) is 6.92. The fourth-order valence-electron chi connectivity index (χ4n) is 3.45. The number of hydrogen-bond acceptors (Lipinski definition) is 5. The molecule has 2 fully saturated rings. The van der Waals surface area contributed by atoms with E-state index < -0.39 is 5.60 Å². The topological polar surface area (TPSA) is 68.3 Å². The molecule has 0 unspecified atom stereocenters. The highest BCUT2D eigenvalue weighted by atomic mass is 16.7. The van der Waals surface area contributed by atoms with Crippen molar-refractivity contribution in [3.8, 4) is 11.5 Å². The third-order valence-electron chi connectivity index (χ3n) is 4.94. The van der Waals surface area contributed by atoms with Crippen LogP contribution in [0.15, 0.2) is 18.2 Å². The largest absolute Gasteiger partial charge is 0.497 e. The molecular formula is C18H24N2O5. The second-order valence-electron chi connectivity index (χ2n) is 6.40. The number of amides is 2. The lowest BCUT2D eigenvalue weighted by Gasteiger charge is -2.37. The molecule has 7 heteroatoms. The lowest BCUT2D eigenvalue weighted by Crippen LogP contribution is -2.47. The van der Waals surface area contributed by atoms with Gasteiger partial charge in [0, 0.05) is 25.7 Å². The SMILES string of the molecule is CCN1OC2(CCN(C(=O)c3ccc(OC)cc3OC)CC2)CC1=O. The molecule has 1 spiro atoms. The molecule has 1 aromatic carbocycles. The van der Waals surface area contributed by atoms with Gasteiger partial charge in [0.1, 0.15) is 17.1 Å². The van der Waals surface area contributed by atoms with Crippen LogP contribution in [0, 0.1) is 0 Å². The van der Waals surface area contributed by atoms with E-state index in [1.807, 2.05) is 6.92 Å². The van der Waals surface area contributed by atoms with Gasteiger partial charge in [-0.15, -0.1) is 0 Å². The number of hydrogen-bond donors (Lipinski definition) is 0. The molecular weight excluding hydrogens is 324 g/mol. The number of methoxy groups -OCH3 is 2. The van der Waals surface area contributed by atoms with Crippen molar-refractivity contribution in [1.82, 2.24) is 9.96 Å². The number of hydroxylamine groups is 2. The lowest BCUT2D eigenvalue weighted by atomic mass is 9.88. The molecule has 0 atom stereocenters. The maximum absolute atomic E-state index is 12.9. The zero-order valence-corrected chi connectivity index (χ0v) is 14.9. The Kier molecular flexibility index (Phi) is 4.85. The normalized spacial score (nSPS) is 19.4. The molecule has 136 valence electrons. The summed E-state index contributed by atoms with van der Waals surface area (Å²) in [4.78, 5) is 32.5. The van der Waals surface area contributed by atoms with Gasteiger partial charge in [-0.1, -0.05) is 0 Å². The van der Waals surface area contributed by atoms with Crippen molar-refractivity contribution in [1.29, 1.82) is 0 Å². The smallest absolute Gasteiger partial charge is 0.257 e. The predicted molar refractivity (Wildman–Crippen MR) is 90.5 cm³/mol. The van der Waals surface area contributed by atoms with E-state index in [1.165, 1.54) is 12.2 Å². The van der Waals surface area contributed by atoms with Crippen molar-refractivity contribution in [2.75, 3.05) is 33.9 Å². The van der Waals surface area contributed by atoms with Gasteiger partial charge in [0.2, 0.25) is 5.91 Å². The van der Waals surface area contributed by atoms with Gasteiger partial charge in [0.25, 0.3) is 5.91 Å². The van der Waals surface area contributed by atoms with Gasteiger partial charge in [0.05, 0.1) is 26.2 Å². The van der Waals surface area contributed by atoms with Gasteiger partial charge in [-0.2, -0.15) is 0 Å². The van der Waals surface area contributed by atoms with Crippen molar-refractivity contribution in [3.05, 3.63) is 23.8 Å². The molecule has 3 rings (SSSR count). The summed E-state index contributed by atoms with van der Waals surface area (Å²) in [5, 5.41) is 1.43. The van der Waals surface area contributed by atoms with Crippen molar-refractivity contribution in [3.63, 3.8) is 0 Å². The van der Waals surface area contributed by atoms with E-state index >= 15 is 0 Å². The number of carbonyl (C=O) groups excluding carboxylic acids is 2. The van der Waals surface area contributed by atoms with Crippen LogP contribution in [0.3, 0.4) is 0 Å². The molecule has 0 bridgehead atoms. The summed E-state index contributed by atoms with van der Waals surface area (Å²) in [6.07, 6.45) is 1.70. The molecule has 1 aromatic rings. The molecule has 0 aromatic heterocycles. The Labute approximate surface area is 147 Å². The van der Waals surface area contributed by atoms with Gasteiger partial charge in [-0.05, 0) is 31.9 Å². The van der Waals surface area contributed by atoms with E-state index in [9.17, 15) is 9.59 Å². The van der Waals surface area contributed by atoms with Crippen molar-refractivity contribution < 1.29 is 23.9 Å². The molecule has 25 heavy (non-hydrogen) atoms. The van der Waals surface area contributed by atoms with Crippen LogP contribution < -0.4 is 9.47 Å². The number of rotatable bonds is 4. The molecule has 0 saturated carbocycles. The predicted octanol–water partition coefficient (Wildman–Crippen LogP) is 1.86. The quantitative estimate of drug-likeness (QED) is 0.831. The maximum atomic E-state index is 12.9. The van der Waals surface area contributed by atoms with Crippen LogP contribution in [-0.2, 0) is 9.63 Å². The van der Waals surface area contributed by atoms with E-state index in [0.717, 1.165) is 0 Å². The molecule has 2 aliphatic heterocycles. The van der Waals surface area contributed by atoms with E-state index in [-0.39, 0.29) is 11.8 Å². The average Bonchev–Trinajstić information content (AvgIpc) is 2.96. The van der Waals surface area contributed by atoms with Gasteiger partial charge in [0.15, 0.2) is 0 Å². The summed E-state index contributed by atoms with van der Waals surface area (Å²) in [6.45, 7) is 3.55. The summed E-state index contributed by atoms with van der Waals surface area (Å²) in [6, 6.07) is 5.17. The van der Waals surface area contributed by atoms with Crippen LogP contribution in [0.2, 0.25) is 0 Å². The number of carbonyl (C=O) groups is 2. The Morgan fingerprint density at radius 2 is 1.96 bits per heavy atom. The van der Waals surface area contributed by atoms with Crippen LogP contribution in [0.4, 0.5) is 0 Å².